The molecule has 3 N–H and O–H groups in total. The van der Waals surface area contributed by atoms with Gasteiger partial charge in [0.05, 0.1) is 6.61 Å². The summed E-state index contributed by atoms with van der Waals surface area (Å²) in [6.45, 7) is 2.70. The van der Waals surface area contributed by atoms with Gasteiger partial charge in [-0.15, -0.1) is 0 Å². The van der Waals surface area contributed by atoms with Gasteiger partial charge in [-0.05, 0) is 36.1 Å². The summed E-state index contributed by atoms with van der Waals surface area (Å²) >= 11 is 2.00. The van der Waals surface area contributed by atoms with Crippen LogP contribution in [-0.2, 0) is 13.2 Å². The molecule has 0 heterocycles. The van der Waals surface area contributed by atoms with E-state index in [1.165, 1.54) is 12.8 Å². The molecule has 0 bridgehead atoms. The highest BCUT2D eigenvalue weighted by molar-refractivity contribution is 7.99. The van der Waals surface area contributed by atoms with Crippen molar-refractivity contribution in [3.05, 3.63) is 35.4 Å². The Morgan fingerprint density at radius 3 is 2.95 bits per heavy atom. The molecule has 2 rings (SSSR count). The van der Waals surface area contributed by atoms with Gasteiger partial charge < -0.3 is 15.7 Å². The average molecular weight is 322 g/mol. The minimum atomic E-state index is -0.0958. The number of rotatable bonds is 6. The summed E-state index contributed by atoms with van der Waals surface area (Å²) in [6, 6.07) is 7.83. The van der Waals surface area contributed by atoms with Crippen molar-refractivity contribution in [3.63, 3.8) is 0 Å². The second kappa shape index (κ2) is 9.06. The molecule has 0 spiro atoms. The van der Waals surface area contributed by atoms with E-state index in [9.17, 15) is 4.79 Å². The molecule has 2 atom stereocenters. The normalized spacial score (nSPS) is 21.4. The van der Waals surface area contributed by atoms with Crippen molar-refractivity contribution < 1.29 is 9.90 Å². The zero-order valence-corrected chi connectivity index (χ0v) is 14.0. The number of benzene rings is 1. The topological polar surface area (TPSA) is 61.4 Å². The Balaban J connectivity index is 1.75. The molecule has 0 aliphatic heterocycles. The molecule has 1 aromatic carbocycles. The molecule has 0 unspecified atom stereocenters. The molecule has 5 heteroatoms. The Morgan fingerprint density at radius 1 is 1.36 bits per heavy atom. The molecular formula is C17H26N2O2S. The summed E-state index contributed by atoms with van der Waals surface area (Å²) in [4.78, 5) is 12.0. The highest BCUT2D eigenvalue weighted by Gasteiger charge is 2.22. The van der Waals surface area contributed by atoms with Crippen LogP contribution in [0.5, 0.6) is 0 Å². The Hall–Kier alpha value is -1.20. The maximum absolute atomic E-state index is 12.0. The summed E-state index contributed by atoms with van der Waals surface area (Å²) in [7, 11) is 0. The molecule has 0 saturated heterocycles. The van der Waals surface area contributed by atoms with Gasteiger partial charge in [-0.3, -0.25) is 0 Å². The first-order chi connectivity index (χ1) is 10.7. The van der Waals surface area contributed by atoms with E-state index in [0.29, 0.717) is 17.8 Å². The quantitative estimate of drug-likeness (QED) is 0.754. The lowest BCUT2D eigenvalue weighted by atomic mass is 9.95. The minimum Gasteiger partial charge on any atom is -0.392 e. The zero-order chi connectivity index (χ0) is 15.8. The van der Waals surface area contributed by atoms with E-state index < -0.39 is 0 Å². The van der Waals surface area contributed by atoms with E-state index in [1.54, 1.807) is 0 Å². The van der Waals surface area contributed by atoms with Crippen LogP contribution < -0.4 is 10.6 Å². The lowest BCUT2D eigenvalue weighted by Crippen LogP contribution is -2.44. The fourth-order valence-corrected chi connectivity index (χ4v) is 4.09. The Morgan fingerprint density at radius 2 is 2.18 bits per heavy atom. The van der Waals surface area contributed by atoms with Crippen molar-refractivity contribution in [1.82, 2.24) is 10.6 Å². The van der Waals surface area contributed by atoms with Crippen molar-refractivity contribution in [3.8, 4) is 0 Å². The van der Waals surface area contributed by atoms with Gasteiger partial charge in [0.15, 0.2) is 0 Å². The highest BCUT2D eigenvalue weighted by Crippen LogP contribution is 2.28. The summed E-state index contributed by atoms with van der Waals surface area (Å²) in [5.74, 6) is 1.14. The molecule has 122 valence electrons. The number of thioether (sulfide) groups is 1. The van der Waals surface area contributed by atoms with Crippen molar-refractivity contribution in [2.24, 2.45) is 0 Å². The molecule has 1 aliphatic rings. The number of aliphatic hydroxyl groups is 1. The van der Waals surface area contributed by atoms with Crippen LogP contribution in [-0.4, -0.2) is 28.2 Å². The van der Waals surface area contributed by atoms with Crippen LogP contribution in [0.2, 0.25) is 0 Å². The van der Waals surface area contributed by atoms with Gasteiger partial charge in [0.25, 0.3) is 0 Å². The number of aliphatic hydroxyl groups excluding tert-OH is 1. The van der Waals surface area contributed by atoms with Crippen LogP contribution in [0.1, 0.15) is 43.7 Å². The van der Waals surface area contributed by atoms with Crippen molar-refractivity contribution in [2.45, 2.75) is 57.1 Å². The molecule has 1 saturated carbocycles. The van der Waals surface area contributed by atoms with E-state index in [0.717, 1.165) is 29.7 Å². The molecule has 2 amide bonds. The molecule has 22 heavy (non-hydrogen) atoms. The van der Waals surface area contributed by atoms with Gasteiger partial charge in [-0.2, -0.15) is 11.8 Å². The second-order valence-electron chi connectivity index (χ2n) is 5.75. The van der Waals surface area contributed by atoms with Crippen LogP contribution >= 0.6 is 11.8 Å². The van der Waals surface area contributed by atoms with Crippen molar-refractivity contribution in [1.29, 1.82) is 0 Å². The fourth-order valence-electron chi connectivity index (χ4n) is 2.92. The summed E-state index contributed by atoms with van der Waals surface area (Å²) in [5.41, 5.74) is 1.87. The number of hydrogen-bond acceptors (Lipinski definition) is 3. The highest BCUT2D eigenvalue weighted by atomic mass is 32.2. The Labute approximate surface area is 137 Å². The van der Waals surface area contributed by atoms with Crippen LogP contribution in [0.3, 0.4) is 0 Å². The van der Waals surface area contributed by atoms with Gasteiger partial charge in [-0.25, -0.2) is 4.79 Å². The molecule has 0 aromatic heterocycles. The number of hydrogen-bond donors (Lipinski definition) is 3. The first-order valence-electron chi connectivity index (χ1n) is 8.06. The van der Waals surface area contributed by atoms with Crippen LogP contribution in [0.4, 0.5) is 4.79 Å². The molecule has 1 fully saturated rings. The first-order valence-corrected chi connectivity index (χ1v) is 9.10. The van der Waals surface area contributed by atoms with Gasteiger partial charge in [0, 0.05) is 17.8 Å². The van der Waals surface area contributed by atoms with Crippen molar-refractivity contribution >= 4 is 17.8 Å². The molecular weight excluding hydrogens is 296 g/mol. The lowest BCUT2D eigenvalue weighted by Gasteiger charge is -2.29. The Bertz CT molecular complexity index is 479. The van der Waals surface area contributed by atoms with Gasteiger partial charge in [-0.1, -0.05) is 37.6 Å². The fraction of sp³-hybridized carbons (Fsp3) is 0.588. The van der Waals surface area contributed by atoms with E-state index >= 15 is 0 Å². The lowest BCUT2D eigenvalue weighted by molar-refractivity contribution is 0.232. The van der Waals surface area contributed by atoms with E-state index in [-0.39, 0.29) is 12.6 Å². The molecule has 1 aliphatic carbocycles. The van der Waals surface area contributed by atoms with Crippen molar-refractivity contribution in [2.75, 3.05) is 5.75 Å². The van der Waals surface area contributed by atoms with E-state index in [1.807, 2.05) is 36.0 Å². The van der Waals surface area contributed by atoms with Gasteiger partial charge >= 0.3 is 6.03 Å². The monoisotopic (exact) mass is 322 g/mol. The third-order valence-electron chi connectivity index (χ3n) is 3.99. The third kappa shape index (κ3) is 5.54. The number of carbonyl (C=O) groups is 1. The summed E-state index contributed by atoms with van der Waals surface area (Å²) in [6.07, 6.45) is 4.62. The van der Waals surface area contributed by atoms with Gasteiger partial charge in [0.2, 0.25) is 0 Å². The average Bonchev–Trinajstić information content (AvgIpc) is 2.54. The maximum Gasteiger partial charge on any atom is 0.315 e. The number of urea groups is 1. The predicted octanol–water partition coefficient (Wildman–Crippen LogP) is 3.04. The summed E-state index contributed by atoms with van der Waals surface area (Å²) < 4.78 is 0. The number of amides is 2. The summed E-state index contributed by atoms with van der Waals surface area (Å²) in [5, 5.41) is 15.8. The van der Waals surface area contributed by atoms with E-state index in [2.05, 4.69) is 17.6 Å². The number of carbonyl (C=O) groups excluding carboxylic acids is 1. The van der Waals surface area contributed by atoms with Crippen LogP contribution in [0.25, 0.3) is 0 Å². The largest absolute Gasteiger partial charge is 0.392 e. The standard InChI is InChI=1S/C17H26N2O2S/c1-2-22-16-8-4-7-15(10-16)19-17(21)18-11-13-5-3-6-14(9-13)12-20/h3,5-6,9,15-16,20H,2,4,7-8,10-12H2,1H3,(H2,18,19,21)/t15-,16+/m0/s1. The zero-order valence-electron chi connectivity index (χ0n) is 13.2. The maximum atomic E-state index is 12.0. The SMILES string of the molecule is CCS[C@@H]1CCC[C@H](NC(=O)NCc2cccc(CO)c2)C1. The molecule has 4 nitrogen and oxygen atoms in total. The minimum absolute atomic E-state index is 0.0264. The molecule has 0 radical (unpaired) electrons. The van der Waals surface area contributed by atoms with E-state index in [4.69, 9.17) is 5.11 Å². The molecule has 1 aromatic rings. The van der Waals surface area contributed by atoms with Crippen LogP contribution in [0.15, 0.2) is 24.3 Å². The Kier molecular flexibility index (Phi) is 7.06. The smallest absolute Gasteiger partial charge is 0.315 e. The predicted molar refractivity (Wildman–Crippen MR) is 91.9 cm³/mol. The number of nitrogens with one attached hydrogen (secondary N) is 2. The van der Waals surface area contributed by atoms with Crippen LogP contribution in [0, 0.1) is 0 Å². The van der Waals surface area contributed by atoms with Gasteiger partial charge in [0.1, 0.15) is 0 Å². The first kappa shape index (κ1) is 17.2. The second-order valence-corrected chi connectivity index (χ2v) is 7.32. The third-order valence-corrected chi connectivity index (χ3v) is 5.22.